The number of rotatable bonds is 15. The Morgan fingerprint density at radius 3 is 2.28 bits per heavy atom. The lowest BCUT2D eigenvalue weighted by Gasteiger charge is -2.29. The zero-order valence-corrected chi connectivity index (χ0v) is 38.0. The topological polar surface area (TPSA) is 208 Å². The molecule has 0 unspecified atom stereocenters. The lowest BCUT2D eigenvalue weighted by atomic mass is 10.0. The maximum atomic E-state index is 13.7. The molecule has 0 radical (unpaired) electrons. The van der Waals surface area contributed by atoms with E-state index in [1.807, 2.05) is 49.4 Å². The first-order valence-electron chi connectivity index (χ1n) is 22.8. The van der Waals surface area contributed by atoms with Crippen LogP contribution in [0.1, 0.15) is 47.2 Å². The lowest BCUT2D eigenvalue weighted by molar-refractivity contribution is -0.141. The normalized spacial score (nSPS) is 13.8. The molecule has 8 aromatic heterocycles. The van der Waals surface area contributed by atoms with Gasteiger partial charge in [-0.2, -0.15) is 24.6 Å². The van der Waals surface area contributed by atoms with Crippen LogP contribution >= 0.6 is 0 Å². The van der Waals surface area contributed by atoms with Crippen molar-refractivity contribution >= 4 is 68.5 Å². The van der Waals surface area contributed by atoms with Crippen molar-refractivity contribution in [1.29, 1.82) is 0 Å². The standard InChI is InChI=1S/C51H48N14O4/c1-4-46(67)63-25-9-14-44(63)51(69)62(5-2)27-20-35-30-39-37(18-24-53-49(39)59-35)47-41(60-65-43(47)13-8-22-55-65)15-16-45(66)57-33-11-6-10-32(28-33)50(68)61(3)26-19-34-29-38-36(17-23-52-48(38)58-34)40-31-56-64-42(40)12-7-21-54-64/h4,6-8,10-13,15-18,21-24,28-31,44H,1,5,9,14,19-20,25-27H2,2-3H3,(H,52,58)(H,53,59)(H,57,66)/t44-/m0/s1. The number of H-pyrrole nitrogens is 2. The molecule has 9 aromatic rings. The van der Waals surface area contributed by atoms with Gasteiger partial charge in [0.1, 0.15) is 17.3 Å². The van der Waals surface area contributed by atoms with Gasteiger partial charge in [0.05, 0.1) is 22.9 Å². The first-order chi connectivity index (χ1) is 33.7. The van der Waals surface area contributed by atoms with Crippen molar-refractivity contribution in [2.75, 3.05) is 38.5 Å². The van der Waals surface area contributed by atoms with Gasteiger partial charge in [-0.15, -0.1) is 5.10 Å². The van der Waals surface area contributed by atoms with Crippen LogP contribution in [-0.2, 0) is 27.2 Å². The zero-order chi connectivity index (χ0) is 47.6. The van der Waals surface area contributed by atoms with E-state index in [1.54, 1.807) is 87.7 Å². The van der Waals surface area contributed by atoms with Gasteiger partial charge in [-0.3, -0.25) is 19.2 Å². The minimum Gasteiger partial charge on any atom is -0.343 e. The van der Waals surface area contributed by atoms with Gasteiger partial charge in [0.25, 0.3) is 5.91 Å². The first-order valence-corrected chi connectivity index (χ1v) is 22.8. The average Bonchev–Trinajstić information content (AvgIpc) is 4.23. The first kappa shape index (κ1) is 44.1. The number of fused-ring (bicyclic) bond motifs is 4. The fraction of sp³-hybridized carbons (Fsp3) is 0.216. The second kappa shape index (κ2) is 18.8. The summed E-state index contributed by atoms with van der Waals surface area (Å²) in [7, 11) is 1.75. The zero-order valence-electron chi connectivity index (χ0n) is 38.0. The number of anilines is 1. The van der Waals surface area contributed by atoms with Gasteiger partial charge in [0.15, 0.2) is 0 Å². The fourth-order valence-corrected chi connectivity index (χ4v) is 9.20. The van der Waals surface area contributed by atoms with Gasteiger partial charge >= 0.3 is 0 Å². The number of amides is 4. The van der Waals surface area contributed by atoms with Crippen LogP contribution in [0.3, 0.4) is 0 Å². The molecule has 9 heterocycles. The van der Waals surface area contributed by atoms with Crippen molar-refractivity contribution in [2.45, 2.75) is 38.6 Å². The van der Waals surface area contributed by atoms with Crippen LogP contribution < -0.4 is 5.32 Å². The summed E-state index contributed by atoms with van der Waals surface area (Å²) in [6.45, 7) is 7.49. The summed E-state index contributed by atoms with van der Waals surface area (Å²) < 4.78 is 3.13. The summed E-state index contributed by atoms with van der Waals surface area (Å²) in [5.41, 5.74) is 9.78. The van der Waals surface area contributed by atoms with E-state index in [2.05, 4.69) is 53.2 Å². The van der Waals surface area contributed by atoms with E-state index in [4.69, 9.17) is 5.10 Å². The Hall–Kier alpha value is -8.80. The molecule has 0 bridgehead atoms. The van der Waals surface area contributed by atoms with Crippen molar-refractivity contribution in [1.82, 2.24) is 64.3 Å². The molecule has 1 aliphatic heterocycles. The molecule has 18 heteroatoms. The second-order valence-corrected chi connectivity index (χ2v) is 16.9. The number of benzene rings is 1. The molecule has 1 saturated heterocycles. The van der Waals surface area contributed by atoms with Gasteiger partial charge in [-0.25, -0.2) is 9.97 Å². The number of hydrogen-bond acceptors (Lipinski definition) is 10. The number of carbonyl (C=O) groups excluding carboxylic acids is 4. The van der Waals surface area contributed by atoms with Crippen LogP contribution in [-0.4, -0.2) is 127 Å². The average molecular weight is 921 g/mol. The van der Waals surface area contributed by atoms with Gasteiger partial charge in [-0.05, 0) is 110 Å². The fourth-order valence-electron chi connectivity index (χ4n) is 9.20. The Labute approximate surface area is 395 Å². The van der Waals surface area contributed by atoms with Crippen LogP contribution in [0.5, 0.6) is 0 Å². The van der Waals surface area contributed by atoms with Crippen molar-refractivity contribution in [3.05, 3.63) is 145 Å². The summed E-state index contributed by atoms with van der Waals surface area (Å²) >= 11 is 0. The molecule has 4 amide bonds. The Morgan fingerprint density at radius 1 is 0.812 bits per heavy atom. The predicted octanol–water partition coefficient (Wildman–Crippen LogP) is 6.39. The Bertz CT molecular complexity index is 3470. The number of hydrogen-bond donors (Lipinski definition) is 3. The lowest BCUT2D eigenvalue weighted by Crippen LogP contribution is -2.47. The summed E-state index contributed by atoms with van der Waals surface area (Å²) in [5.74, 6) is -0.889. The predicted molar refractivity (Wildman–Crippen MR) is 262 cm³/mol. The van der Waals surface area contributed by atoms with E-state index in [9.17, 15) is 19.2 Å². The van der Waals surface area contributed by atoms with Crippen LogP contribution in [0.25, 0.3) is 61.4 Å². The maximum Gasteiger partial charge on any atom is 0.253 e. The van der Waals surface area contributed by atoms with Crippen molar-refractivity contribution in [3.8, 4) is 22.3 Å². The Balaban J connectivity index is 0.813. The van der Waals surface area contributed by atoms with Crippen molar-refractivity contribution in [3.63, 3.8) is 0 Å². The molecule has 1 fully saturated rings. The van der Waals surface area contributed by atoms with Gasteiger partial charge in [-0.1, -0.05) is 12.6 Å². The van der Waals surface area contributed by atoms with E-state index in [0.29, 0.717) is 68.0 Å². The monoisotopic (exact) mass is 920 g/mol. The summed E-state index contributed by atoms with van der Waals surface area (Å²) in [6.07, 6.45) is 15.5. The molecular weight excluding hydrogens is 873 g/mol. The molecule has 18 nitrogen and oxygen atoms in total. The number of pyridine rings is 2. The number of likely N-dealkylation sites (N-methyl/N-ethyl adjacent to an activating group) is 2. The largest absolute Gasteiger partial charge is 0.343 e. The van der Waals surface area contributed by atoms with Gasteiger partial charge < -0.3 is 30.0 Å². The van der Waals surface area contributed by atoms with Crippen LogP contribution in [0.2, 0.25) is 0 Å². The van der Waals surface area contributed by atoms with E-state index in [1.165, 1.54) is 16.8 Å². The molecule has 0 saturated carbocycles. The van der Waals surface area contributed by atoms with E-state index >= 15 is 0 Å². The number of carbonyl (C=O) groups is 4. The van der Waals surface area contributed by atoms with E-state index in [0.717, 1.165) is 67.5 Å². The van der Waals surface area contributed by atoms with E-state index in [-0.39, 0.29) is 17.7 Å². The van der Waals surface area contributed by atoms with Gasteiger partial charge in [0.2, 0.25) is 17.7 Å². The highest BCUT2D eigenvalue weighted by Gasteiger charge is 2.35. The van der Waals surface area contributed by atoms with Gasteiger partial charge in [0, 0.05) is 121 Å². The van der Waals surface area contributed by atoms with Crippen LogP contribution in [0, 0.1) is 0 Å². The smallest absolute Gasteiger partial charge is 0.253 e. The second-order valence-electron chi connectivity index (χ2n) is 16.9. The Morgan fingerprint density at radius 2 is 1.52 bits per heavy atom. The molecular formula is C51H48N14O4. The molecule has 3 N–H and O–H groups in total. The Kier molecular flexibility index (Phi) is 12.0. The summed E-state index contributed by atoms with van der Waals surface area (Å²) in [6, 6.07) is 21.9. The third kappa shape index (κ3) is 8.70. The third-order valence-electron chi connectivity index (χ3n) is 12.7. The molecule has 0 spiro atoms. The summed E-state index contributed by atoms with van der Waals surface area (Å²) in [5, 5.41) is 22.6. The third-order valence-corrected chi connectivity index (χ3v) is 12.7. The molecule has 346 valence electrons. The molecule has 69 heavy (non-hydrogen) atoms. The number of aromatic amines is 2. The highest BCUT2D eigenvalue weighted by molar-refractivity contribution is 6.06. The molecule has 10 rings (SSSR count). The quantitative estimate of drug-likeness (QED) is 0.0966. The van der Waals surface area contributed by atoms with Crippen molar-refractivity contribution in [2.24, 2.45) is 0 Å². The number of nitrogens with zero attached hydrogens (tertiary/aromatic N) is 11. The highest BCUT2D eigenvalue weighted by Crippen LogP contribution is 2.35. The van der Waals surface area contributed by atoms with E-state index < -0.39 is 11.9 Å². The number of nitrogens with one attached hydrogen (secondary N) is 3. The minimum atomic E-state index is -0.484. The molecule has 1 aromatic carbocycles. The van der Waals surface area contributed by atoms with Crippen molar-refractivity contribution < 1.29 is 19.2 Å². The molecule has 1 aliphatic rings. The van der Waals surface area contributed by atoms with Crippen LogP contribution in [0.4, 0.5) is 5.69 Å². The SMILES string of the molecule is C=CC(=O)N1CCC[C@H]1C(=O)N(CC)CCc1cc2c(-c3c(C=CC(=O)Nc4cccc(C(=O)N(C)CCc5cc6c(-c7cnn8ncccc78)ccnc6[nH]5)c4)nn4ncccc34)ccnc2[nH]1. The number of likely N-dealkylation sites (tertiary alicyclic amines) is 1. The summed E-state index contributed by atoms with van der Waals surface area (Å²) in [4.78, 5) is 74.3. The minimum absolute atomic E-state index is 0.0607. The highest BCUT2D eigenvalue weighted by atomic mass is 16.2. The van der Waals surface area contributed by atoms with Crippen LogP contribution in [0.15, 0.2) is 123 Å². The maximum absolute atomic E-state index is 13.7. The molecule has 0 aliphatic carbocycles. The molecule has 1 atom stereocenters. The number of aromatic nitrogens is 10.